The van der Waals surface area contributed by atoms with Crippen LogP contribution in [0.3, 0.4) is 0 Å². The number of carboxylic acids is 1. The molecule has 2 saturated heterocycles. The molecule has 5 nitrogen and oxygen atoms in total. The van der Waals surface area contributed by atoms with Crippen LogP contribution in [0, 0.1) is 17.7 Å². The number of halogens is 1. The standard InChI is InChI=1S/C15H16FNO4/c16-9-3-1-8(2-4-9)7-17-14(18)12-10-5-6-11(21-10)13(12)15(19)20/h1-4,10-13H,5-7H2,(H,17,18)(H,19,20)/t10-,11+,12-,13+/m1/s1. The number of carbonyl (C=O) groups is 2. The molecule has 1 amide bonds. The maximum atomic E-state index is 12.8. The van der Waals surface area contributed by atoms with Crippen LogP contribution in [-0.2, 0) is 20.9 Å². The van der Waals surface area contributed by atoms with E-state index in [0.29, 0.717) is 6.42 Å². The molecule has 0 saturated carbocycles. The zero-order valence-corrected chi connectivity index (χ0v) is 11.3. The molecule has 2 fully saturated rings. The number of ether oxygens (including phenoxy) is 1. The largest absolute Gasteiger partial charge is 0.481 e. The van der Waals surface area contributed by atoms with Crippen LogP contribution in [0.2, 0.25) is 0 Å². The summed E-state index contributed by atoms with van der Waals surface area (Å²) >= 11 is 0. The van der Waals surface area contributed by atoms with Gasteiger partial charge in [0.2, 0.25) is 5.91 Å². The van der Waals surface area contributed by atoms with Gasteiger partial charge in [-0.2, -0.15) is 0 Å². The van der Waals surface area contributed by atoms with E-state index in [0.717, 1.165) is 12.0 Å². The second kappa shape index (κ2) is 5.44. The van der Waals surface area contributed by atoms with Crippen LogP contribution in [0.1, 0.15) is 18.4 Å². The summed E-state index contributed by atoms with van der Waals surface area (Å²) in [5, 5.41) is 12.0. The lowest BCUT2D eigenvalue weighted by molar-refractivity contribution is -0.147. The summed E-state index contributed by atoms with van der Waals surface area (Å²) in [7, 11) is 0. The molecular weight excluding hydrogens is 277 g/mol. The summed E-state index contributed by atoms with van der Waals surface area (Å²) < 4.78 is 18.4. The number of carbonyl (C=O) groups excluding carboxylic acids is 1. The predicted octanol–water partition coefficient (Wildman–Crippen LogP) is 1.32. The molecule has 6 heteroatoms. The fourth-order valence-electron chi connectivity index (χ4n) is 3.23. The van der Waals surface area contributed by atoms with Gasteiger partial charge in [-0.15, -0.1) is 0 Å². The fraction of sp³-hybridized carbons (Fsp3) is 0.467. The molecule has 0 radical (unpaired) electrons. The Morgan fingerprint density at radius 3 is 2.43 bits per heavy atom. The Morgan fingerprint density at radius 2 is 1.81 bits per heavy atom. The Bertz CT molecular complexity index is 559. The molecule has 4 atom stereocenters. The minimum Gasteiger partial charge on any atom is -0.481 e. The third-order valence-electron chi connectivity index (χ3n) is 4.24. The van der Waals surface area contributed by atoms with Gasteiger partial charge in [0.05, 0.1) is 24.0 Å². The lowest BCUT2D eigenvalue weighted by Crippen LogP contribution is -2.43. The quantitative estimate of drug-likeness (QED) is 0.878. The summed E-state index contributed by atoms with van der Waals surface area (Å²) in [6.07, 6.45) is 0.769. The smallest absolute Gasteiger partial charge is 0.310 e. The predicted molar refractivity (Wildman–Crippen MR) is 70.8 cm³/mol. The van der Waals surface area contributed by atoms with Crippen molar-refractivity contribution in [2.45, 2.75) is 31.6 Å². The molecule has 3 rings (SSSR count). The van der Waals surface area contributed by atoms with Gasteiger partial charge in [-0.3, -0.25) is 9.59 Å². The highest BCUT2D eigenvalue weighted by Crippen LogP contribution is 2.43. The highest BCUT2D eigenvalue weighted by molar-refractivity contribution is 5.86. The minimum absolute atomic E-state index is 0.249. The van der Waals surface area contributed by atoms with E-state index in [4.69, 9.17) is 4.74 Å². The summed E-state index contributed by atoms with van der Waals surface area (Å²) in [4.78, 5) is 23.6. The molecule has 2 heterocycles. The molecule has 2 aliphatic heterocycles. The van der Waals surface area contributed by atoms with Crippen LogP contribution in [-0.4, -0.2) is 29.2 Å². The number of carboxylic acid groups (broad SMARTS) is 1. The number of hydrogen-bond acceptors (Lipinski definition) is 3. The van der Waals surface area contributed by atoms with Crippen LogP contribution in [0.5, 0.6) is 0 Å². The van der Waals surface area contributed by atoms with Crippen LogP contribution >= 0.6 is 0 Å². The molecule has 2 aliphatic rings. The van der Waals surface area contributed by atoms with E-state index >= 15 is 0 Å². The fourth-order valence-corrected chi connectivity index (χ4v) is 3.23. The monoisotopic (exact) mass is 293 g/mol. The molecule has 21 heavy (non-hydrogen) atoms. The van der Waals surface area contributed by atoms with Crippen molar-refractivity contribution in [3.05, 3.63) is 35.6 Å². The maximum absolute atomic E-state index is 12.8. The normalized spacial score (nSPS) is 30.3. The van der Waals surface area contributed by atoms with Gasteiger partial charge in [0.25, 0.3) is 0 Å². The second-order valence-electron chi connectivity index (χ2n) is 5.52. The van der Waals surface area contributed by atoms with E-state index in [2.05, 4.69) is 5.32 Å². The van der Waals surface area contributed by atoms with E-state index in [1.54, 1.807) is 12.1 Å². The van der Waals surface area contributed by atoms with Gasteiger partial charge in [-0.25, -0.2) is 4.39 Å². The van der Waals surface area contributed by atoms with Gasteiger partial charge in [-0.05, 0) is 30.5 Å². The molecule has 2 bridgehead atoms. The molecule has 1 aromatic carbocycles. The zero-order chi connectivity index (χ0) is 15.0. The Kier molecular flexibility index (Phi) is 3.63. The third kappa shape index (κ3) is 2.63. The Morgan fingerprint density at radius 1 is 1.19 bits per heavy atom. The van der Waals surface area contributed by atoms with Crippen molar-refractivity contribution in [1.82, 2.24) is 5.32 Å². The molecule has 0 aliphatic carbocycles. The number of hydrogen-bond donors (Lipinski definition) is 2. The van der Waals surface area contributed by atoms with Crippen molar-refractivity contribution in [3.8, 4) is 0 Å². The number of fused-ring (bicyclic) bond motifs is 2. The molecule has 0 spiro atoms. The van der Waals surface area contributed by atoms with Crippen molar-refractivity contribution < 1.29 is 23.8 Å². The van der Waals surface area contributed by atoms with Crippen LogP contribution in [0.15, 0.2) is 24.3 Å². The number of rotatable bonds is 4. The van der Waals surface area contributed by atoms with Gasteiger partial charge in [0.1, 0.15) is 5.82 Å². The number of benzene rings is 1. The van der Waals surface area contributed by atoms with E-state index in [1.165, 1.54) is 12.1 Å². The number of nitrogens with one attached hydrogen (secondary N) is 1. The summed E-state index contributed by atoms with van der Waals surface area (Å²) in [5.74, 6) is -3.03. The lowest BCUT2D eigenvalue weighted by atomic mass is 9.78. The van der Waals surface area contributed by atoms with Crippen molar-refractivity contribution in [2.75, 3.05) is 0 Å². The van der Waals surface area contributed by atoms with E-state index in [1.807, 2.05) is 0 Å². The van der Waals surface area contributed by atoms with Crippen molar-refractivity contribution in [2.24, 2.45) is 11.8 Å². The molecule has 112 valence electrons. The van der Waals surface area contributed by atoms with E-state index in [9.17, 15) is 19.1 Å². The molecular formula is C15H16FNO4. The Hall–Kier alpha value is -1.95. The van der Waals surface area contributed by atoms with Gasteiger partial charge in [0.15, 0.2) is 0 Å². The summed E-state index contributed by atoms with van der Waals surface area (Å²) in [5.41, 5.74) is 0.765. The van der Waals surface area contributed by atoms with Crippen LogP contribution in [0.25, 0.3) is 0 Å². The van der Waals surface area contributed by atoms with Gasteiger partial charge in [0, 0.05) is 6.54 Å². The topological polar surface area (TPSA) is 75.6 Å². The first-order valence-corrected chi connectivity index (χ1v) is 6.96. The zero-order valence-electron chi connectivity index (χ0n) is 11.3. The third-order valence-corrected chi connectivity index (χ3v) is 4.24. The summed E-state index contributed by atoms with van der Waals surface area (Å²) in [6, 6.07) is 5.81. The Labute approximate surface area is 121 Å². The molecule has 1 aromatic rings. The average molecular weight is 293 g/mol. The lowest BCUT2D eigenvalue weighted by Gasteiger charge is -2.23. The highest BCUT2D eigenvalue weighted by Gasteiger charge is 2.55. The second-order valence-corrected chi connectivity index (χ2v) is 5.52. The maximum Gasteiger partial charge on any atom is 0.310 e. The van der Waals surface area contributed by atoms with Crippen molar-refractivity contribution >= 4 is 11.9 Å². The van der Waals surface area contributed by atoms with E-state index in [-0.39, 0.29) is 30.5 Å². The van der Waals surface area contributed by atoms with Crippen molar-refractivity contribution in [1.29, 1.82) is 0 Å². The van der Waals surface area contributed by atoms with Crippen LogP contribution < -0.4 is 5.32 Å². The van der Waals surface area contributed by atoms with Gasteiger partial charge >= 0.3 is 5.97 Å². The first-order valence-electron chi connectivity index (χ1n) is 6.96. The minimum atomic E-state index is -0.982. The van der Waals surface area contributed by atoms with Gasteiger partial charge < -0.3 is 15.2 Å². The highest BCUT2D eigenvalue weighted by atomic mass is 19.1. The van der Waals surface area contributed by atoms with E-state index < -0.39 is 17.8 Å². The molecule has 2 N–H and O–H groups in total. The first-order chi connectivity index (χ1) is 10.1. The van der Waals surface area contributed by atoms with Crippen LogP contribution in [0.4, 0.5) is 4.39 Å². The average Bonchev–Trinajstić information content (AvgIpc) is 3.06. The number of aliphatic carboxylic acids is 1. The first kappa shape index (κ1) is 14.0. The Balaban J connectivity index is 1.64. The van der Waals surface area contributed by atoms with Crippen molar-refractivity contribution in [3.63, 3.8) is 0 Å². The van der Waals surface area contributed by atoms with Gasteiger partial charge in [-0.1, -0.05) is 12.1 Å². The molecule has 0 aromatic heterocycles. The molecule has 0 unspecified atom stereocenters. The summed E-state index contributed by atoms with van der Waals surface area (Å²) in [6.45, 7) is 0.249. The SMILES string of the molecule is O=C(O)[C@@H]1[C@H](C(=O)NCc2ccc(F)cc2)[C@H]2CC[C@@H]1O2. The number of amides is 1.